The minimum atomic E-state index is -0.936. The molecule has 0 radical (unpaired) electrons. The summed E-state index contributed by atoms with van der Waals surface area (Å²) in [5.41, 5.74) is -0.610. The Balaban J connectivity index is 2.86. The Morgan fingerprint density at radius 3 is 2.45 bits per heavy atom. The highest BCUT2D eigenvalue weighted by atomic mass is 79.9. The summed E-state index contributed by atoms with van der Waals surface area (Å²) in [5, 5.41) is 12.3. The summed E-state index contributed by atoms with van der Waals surface area (Å²) < 4.78 is 0.627. The first kappa shape index (κ1) is 17.0. The van der Waals surface area contributed by atoms with Crippen LogP contribution in [0.1, 0.15) is 37.0 Å². The van der Waals surface area contributed by atoms with E-state index in [0.29, 0.717) is 27.9 Å². The molecule has 6 heteroatoms. The lowest BCUT2D eigenvalue weighted by molar-refractivity contribution is -0.149. The monoisotopic (exact) mass is 361 g/mol. The highest BCUT2D eigenvalue weighted by molar-refractivity contribution is 9.10. The molecule has 1 amide bonds. The summed E-state index contributed by atoms with van der Waals surface area (Å²) in [4.78, 5) is 23.5. The Kier molecular flexibility index (Phi) is 6.02. The Morgan fingerprint density at radius 2 is 1.95 bits per heavy atom. The normalized spacial score (nSPS) is 11.2. The molecular formula is C14H17BrClNO3. The average Bonchev–Trinajstić information content (AvgIpc) is 2.43. The van der Waals surface area contributed by atoms with Gasteiger partial charge in [-0.15, -0.1) is 0 Å². The van der Waals surface area contributed by atoms with E-state index in [0.717, 1.165) is 0 Å². The average molecular weight is 363 g/mol. The van der Waals surface area contributed by atoms with Crippen LogP contribution in [-0.2, 0) is 4.79 Å². The second kappa shape index (κ2) is 7.09. The van der Waals surface area contributed by atoms with E-state index < -0.39 is 11.4 Å². The van der Waals surface area contributed by atoms with E-state index in [1.807, 2.05) is 0 Å². The summed E-state index contributed by atoms with van der Waals surface area (Å²) in [6.45, 7) is 3.68. The molecule has 0 saturated carbocycles. The zero-order valence-electron chi connectivity index (χ0n) is 11.4. The number of carboxylic acids is 1. The predicted octanol–water partition coefficient (Wildman–Crippen LogP) is 3.72. The fourth-order valence-electron chi connectivity index (χ4n) is 1.90. The molecule has 0 saturated heterocycles. The summed E-state index contributed by atoms with van der Waals surface area (Å²) in [7, 11) is 0. The number of amides is 1. The quantitative estimate of drug-likeness (QED) is 0.810. The van der Waals surface area contributed by atoms with Crippen molar-refractivity contribution in [1.29, 1.82) is 0 Å². The minimum Gasteiger partial charge on any atom is -0.481 e. The molecule has 0 bridgehead atoms. The van der Waals surface area contributed by atoms with Crippen molar-refractivity contribution < 1.29 is 14.7 Å². The first-order chi connectivity index (χ1) is 9.38. The smallest absolute Gasteiger partial charge is 0.311 e. The van der Waals surface area contributed by atoms with Crippen LogP contribution in [0.2, 0.25) is 5.02 Å². The maximum atomic E-state index is 12.1. The fraction of sp³-hybridized carbons (Fsp3) is 0.429. The van der Waals surface area contributed by atoms with Gasteiger partial charge >= 0.3 is 5.97 Å². The molecule has 20 heavy (non-hydrogen) atoms. The fourth-order valence-corrected chi connectivity index (χ4v) is 2.48. The third-order valence-electron chi connectivity index (χ3n) is 3.59. The van der Waals surface area contributed by atoms with Crippen LogP contribution < -0.4 is 5.32 Å². The Morgan fingerprint density at radius 1 is 1.35 bits per heavy atom. The van der Waals surface area contributed by atoms with E-state index in [-0.39, 0.29) is 12.5 Å². The summed E-state index contributed by atoms with van der Waals surface area (Å²) in [6, 6.07) is 5.04. The lowest BCUT2D eigenvalue weighted by Gasteiger charge is -2.26. The molecule has 0 spiro atoms. The SMILES string of the molecule is CCC(CC)(CNC(=O)c1cccc(Br)c1Cl)C(=O)O. The van der Waals surface area contributed by atoms with Crippen LogP contribution in [0, 0.1) is 5.41 Å². The molecule has 1 aromatic rings. The molecule has 1 rings (SSSR count). The van der Waals surface area contributed by atoms with E-state index in [9.17, 15) is 14.7 Å². The number of carbonyl (C=O) groups excluding carboxylic acids is 1. The van der Waals surface area contributed by atoms with Gasteiger partial charge in [0.2, 0.25) is 0 Å². The van der Waals surface area contributed by atoms with Gasteiger partial charge in [0.25, 0.3) is 5.91 Å². The largest absolute Gasteiger partial charge is 0.481 e. The number of rotatable bonds is 6. The number of nitrogens with one attached hydrogen (secondary N) is 1. The lowest BCUT2D eigenvalue weighted by Crippen LogP contribution is -2.42. The van der Waals surface area contributed by atoms with Crippen LogP contribution in [0.5, 0.6) is 0 Å². The van der Waals surface area contributed by atoms with Crippen LogP contribution in [0.4, 0.5) is 0 Å². The molecule has 4 nitrogen and oxygen atoms in total. The van der Waals surface area contributed by atoms with E-state index >= 15 is 0 Å². The molecule has 2 N–H and O–H groups in total. The number of halogens is 2. The molecule has 0 aliphatic carbocycles. The Hall–Kier alpha value is -1.07. The van der Waals surface area contributed by atoms with E-state index in [4.69, 9.17) is 11.6 Å². The molecule has 0 fully saturated rings. The van der Waals surface area contributed by atoms with Crippen molar-refractivity contribution in [2.45, 2.75) is 26.7 Å². The van der Waals surface area contributed by atoms with Crippen molar-refractivity contribution in [3.8, 4) is 0 Å². The summed E-state index contributed by atoms with van der Waals surface area (Å²) in [6.07, 6.45) is 0.899. The predicted molar refractivity (Wildman–Crippen MR) is 82.1 cm³/mol. The van der Waals surface area contributed by atoms with Crippen LogP contribution in [0.15, 0.2) is 22.7 Å². The van der Waals surface area contributed by atoms with Crippen molar-refractivity contribution in [3.05, 3.63) is 33.3 Å². The second-order valence-corrected chi connectivity index (χ2v) is 5.81. The van der Waals surface area contributed by atoms with Crippen LogP contribution in [-0.4, -0.2) is 23.5 Å². The van der Waals surface area contributed by atoms with Gasteiger partial charge in [-0.1, -0.05) is 31.5 Å². The highest BCUT2D eigenvalue weighted by Gasteiger charge is 2.35. The Labute approximate surface area is 131 Å². The number of benzene rings is 1. The van der Waals surface area contributed by atoms with E-state index in [1.165, 1.54) is 0 Å². The van der Waals surface area contributed by atoms with Gasteiger partial charge in [-0.05, 0) is 40.9 Å². The number of hydrogen-bond donors (Lipinski definition) is 2. The molecule has 0 unspecified atom stereocenters. The number of aliphatic carboxylic acids is 1. The van der Waals surface area contributed by atoms with Gasteiger partial charge in [0.15, 0.2) is 0 Å². The van der Waals surface area contributed by atoms with E-state index in [2.05, 4.69) is 21.2 Å². The molecule has 1 aromatic carbocycles. The van der Waals surface area contributed by atoms with Crippen molar-refractivity contribution >= 4 is 39.4 Å². The molecule has 0 atom stereocenters. The van der Waals surface area contributed by atoms with Crippen molar-refractivity contribution in [3.63, 3.8) is 0 Å². The van der Waals surface area contributed by atoms with Gasteiger partial charge in [0.1, 0.15) is 0 Å². The number of carbonyl (C=O) groups is 2. The van der Waals surface area contributed by atoms with Crippen LogP contribution in [0.3, 0.4) is 0 Å². The zero-order chi connectivity index (χ0) is 15.3. The molecular weight excluding hydrogens is 346 g/mol. The van der Waals surface area contributed by atoms with Gasteiger partial charge in [0.05, 0.1) is 16.0 Å². The number of carboxylic acid groups (broad SMARTS) is 1. The van der Waals surface area contributed by atoms with Crippen molar-refractivity contribution in [2.24, 2.45) is 5.41 Å². The number of hydrogen-bond acceptors (Lipinski definition) is 2. The third-order valence-corrected chi connectivity index (χ3v) is 4.89. The topological polar surface area (TPSA) is 66.4 Å². The van der Waals surface area contributed by atoms with Crippen LogP contribution >= 0.6 is 27.5 Å². The van der Waals surface area contributed by atoms with Gasteiger partial charge in [-0.25, -0.2) is 0 Å². The van der Waals surface area contributed by atoms with Crippen molar-refractivity contribution in [1.82, 2.24) is 5.32 Å². The molecule has 0 heterocycles. The summed E-state index contributed by atoms with van der Waals surface area (Å²) >= 11 is 9.29. The first-order valence-corrected chi connectivity index (χ1v) is 7.50. The van der Waals surface area contributed by atoms with Gasteiger partial charge in [0, 0.05) is 11.0 Å². The van der Waals surface area contributed by atoms with Gasteiger partial charge in [-0.2, -0.15) is 0 Å². The standard InChI is InChI=1S/C14H17BrClNO3/c1-3-14(4-2,13(19)20)8-17-12(18)9-6-5-7-10(15)11(9)16/h5-7H,3-4,8H2,1-2H3,(H,17,18)(H,19,20). The maximum Gasteiger partial charge on any atom is 0.311 e. The molecule has 0 aliphatic rings. The van der Waals surface area contributed by atoms with E-state index in [1.54, 1.807) is 32.0 Å². The summed E-state index contributed by atoms with van der Waals surface area (Å²) in [5.74, 6) is -1.27. The highest BCUT2D eigenvalue weighted by Crippen LogP contribution is 2.28. The third kappa shape index (κ3) is 3.52. The van der Waals surface area contributed by atoms with Gasteiger partial charge < -0.3 is 10.4 Å². The minimum absolute atomic E-state index is 0.0804. The second-order valence-electron chi connectivity index (χ2n) is 4.58. The van der Waals surface area contributed by atoms with Gasteiger partial charge in [-0.3, -0.25) is 9.59 Å². The zero-order valence-corrected chi connectivity index (χ0v) is 13.7. The lowest BCUT2D eigenvalue weighted by atomic mass is 9.82. The maximum absolute atomic E-state index is 12.1. The van der Waals surface area contributed by atoms with Crippen molar-refractivity contribution in [2.75, 3.05) is 6.54 Å². The molecule has 0 aliphatic heterocycles. The van der Waals surface area contributed by atoms with Crippen LogP contribution in [0.25, 0.3) is 0 Å². The molecule has 0 aromatic heterocycles. The molecule has 110 valence electrons. The Bertz CT molecular complexity index is 515. The first-order valence-electron chi connectivity index (χ1n) is 6.33.